The molecule has 0 aliphatic heterocycles. The summed E-state index contributed by atoms with van der Waals surface area (Å²) in [5.74, 6) is 0.899. The molecule has 4 nitrogen and oxygen atoms in total. The quantitative estimate of drug-likeness (QED) is 0.713. The monoisotopic (exact) mass is 339 g/mol. The van der Waals surface area contributed by atoms with Crippen molar-refractivity contribution in [1.82, 2.24) is 14.9 Å². The van der Waals surface area contributed by atoms with Gasteiger partial charge in [-0.05, 0) is 29.9 Å². The molecule has 1 N–H and O–H groups in total. The molecule has 5 heteroatoms. The van der Waals surface area contributed by atoms with Crippen LogP contribution in [0.2, 0.25) is 0 Å². The second-order valence-corrected chi connectivity index (χ2v) is 6.77. The number of carbonyl (C=O) groups is 1. The number of thiophene rings is 1. The summed E-state index contributed by atoms with van der Waals surface area (Å²) in [5.41, 5.74) is 1.04. The van der Waals surface area contributed by atoms with Gasteiger partial charge in [-0.25, -0.2) is 4.98 Å². The summed E-state index contributed by atoms with van der Waals surface area (Å²) in [6, 6.07) is 13.9. The number of hydrogen-bond acceptors (Lipinski definition) is 3. The van der Waals surface area contributed by atoms with Gasteiger partial charge >= 0.3 is 0 Å². The topological polar surface area (TPSA) is 46.9 Å². The average Bonchev–Trinajstić information content (AvgIpc) is 3.25. The van der Waals surface area contributed by atoms with Crippen molar-refractivity contribution in [2.24, 2.45) is 7.05 Å². The molecule has 0 bridgehead atoms. The van der Waals surface area contributed by atoms with Crippen LogP contribution in [-0.2, 0) is 18.3 Å². The molecule has 0 fully saturated rings. The predicted octanol–water partition coefficient (Wildman–Crippen LogP) is 3.71. The third-order valence-corrected chi connectivity index (χ3v) is 4.90. The first kappa shape index (κ1) is 16.5. The molecule has 24 heavy (non-hydrogen) atoms. The minimum Gasteiger partial charge on any atom is -0.342 e. The molecule has 1 aromatic carbocycles. The molecule has 0 spiro atoms. The zero-order valence-electron chi connectivity index (χ0n) is 13.7. The molecule has 0 saturated heterocycles. The number of nitrogens with one attached hydrogen (secondary N) is 1. The summed E-state index contributed by atoms with van der Waals surface area (Å²) in [4.78, 5) is 18.2. The van der Waals surface area contributed by atoms with Crippen LogP contribution in [-0.4, -0.2) is 15.5 Å². The standard InChI is InChI=1S/C19H21N3OS/c1-22-13-12-20-19(22)18(15-7-3-2-4-8-15)21-17(23)11-5-9-16-10-6-14-24-16/h2-4,6-8,10,12-14,18H,5,9,11H2,1H3,(H,21,23). The van der Waals surface area contributed by atoms with E-state index in [4.69, 9.17) is 0 Å². The smallest absolute Gasteiger partial charge is 0.220 e. The molecule has 0 saturated carbocycles. The Labute approximate surface area is 146 Å². The molecule has 2 aromatic heterocycles. The van der Waals surface area contributed by atoms with Crippen LogP contribution in [0.5, 0.6) is 0 Å². The average molecular weight is 339 g/mol. The largest absolute Gasteiger partial charge is 0.342 e. The summed E-state index contributed by atoms with van der Waals surface area (Å²) in [6.07, 6.45) is 5.98. The third-order valence-electron chi connectivity index (χ3n) is 3.96. The number of imidazole rings is 1. The van der Waals surface area contributed by atoms with Crippen LogP contribution >= 0.6 is 11.3 Å². The van der Waals surface area contributed by atoms with Gasteiger partial charge in [-0.1, -0.05) is 36.4 Å². The van der Waals surface area contributed by atoms with E-state index in [9.17, 15) is 4.79 Å². The number of hydrogen-bond donors (Lipinski definition) is 1. The van der Waals surface area contributed by atoms with Crippen LogP contribution in [0.25, 0.3) is 0 Å². The highest BCUT2D eigenvalue weighted by Gasteiger charge is 2.20. The summed E-state index contributed by atoms with van der Waals surface area (Å²) >= 11 is 1.74. The third kappa shape index (κ3) is 4.11. The van der Waals surface area contributed by atoms with Crippen LogP contribution in [0.3, 0.4) is 0 Å². The van der Waals surface area contributed by atoms with Crippen LogP contribution in [0, 0.1) is 0 Å². The fourth-order valence-electron chi connectivity index (χ4n) is 2.71. The van der Waals surface area contributed by atoms with Gasteiger partial charge in [-0.15, -0.1) is 11.3 Å². The van der Waals surface area contributed by atoms with Crippen LogP contribution < -0.4 is 5.32 Å². The molecule has 1 unspecified atom stereocenters. The van der Waals surface area contributed by atoms with E-state index < -0.39 is 0 Å². The second kappa shape index (κ2) is 7.93. The van der Waals surface area contributed by atoms with Crippen molar-refractivity contribution < 1.29 is 4.79 Å². The second-order valence-electron chi connectivity index (χ2n) is 5.74. The number of carbonyl (C=O) groups excluding carboxylic acids is 1. The van der Waals surface area contributed by atoms with Crippen molar-refractivity contribution in [3.05, 3.63) is 76.5 Å². The van der Waals surface area contributed by atoms with Gasteiger partial charge in [0.15, 0.2) is 0 Å². The molecule has 1 atom stereocenters. The number of rotatable bonds is 7. The zero-order chi connectivity index (χ0) is 16.8. The highest BCUT2D eigenvalue weighted by molar-refractivity contribution is 7.09. The van der Waals surface area contributed by atoms with Crippen LogP contribution in [0.4, 0.5) is 0 Å². The summed E-state index contributed by atoms with van der Waals surface area (Å²) in [6.45, 7) is 0. The van der Waals surface area contributed by atoms with Crippen molar-refractivity contribution in [2.75, 3.05) is 0 Å². The van der Waals surface area contributed by atoms with Gasteiger partial charge < -0.3 is 9.88 Å². The first-order chi connectivity index (χ1) is 11.7. The van der Waals surface area contributed by atoms with E-state index in [1.807, 2.05) is 54.2 Å². The lowest BCUT2D eigenvalue weighted by atomic mass is 10.1. The van der Waals surface area contributed by atoms with Crippen LogP contribution in [0.1, 0.15) is 35.1 Å². The van der Waals surface area contributed by atoms with Gasteiger partial charge in [0.25, 0.3) is 0 Å². The SMILES string of the molecule is Cn1ccnc1C(NC(=O)CCCc1cccs1)c1ccccc1. The Morgan fingerprint density at radius 2 is 2.08 bits per heavy atom. The maximum Gasteiger partial charge on any atom is 0.220 e. The number of amides is 1. The highest BCUT2D eigenvalue weighted by Crippen LogP contribution is 2.20. The normalized spacial score (nSPS) is 12.0. The van der Waals surface area contributed by atoms with E-state index >= 15 is 0 Å². The fourth-order valence-corrected chi connectivity index (χ4v) is 3.46. The number of nitrogens with zero attached hydrogens (tertiary/aromatic N) is 2. The Hall–Kier alpha value is -2.40. The van der Waals surface area contributed by atoms with E-state index in [1.165, 1.54) is 4.88 Å². The first-order valence-corrected chi connectivity index (χ1v) is 8.96. The predicted molar refractivity (Wildman–Crippen MR) is 96.9 cm³/mol. The number of benzene rings is 1. The Kier molecular flexibility index (Phi) is 5.43. The molecule has 0 radical (unpaired) electrons. The lowest BCUT2D eigenvalue weighted by molar-refractivity contribution is -0.121. The van der Waals surface area contributed by atoms with E-state index in [1.54, 1.807) is 17.5 Å². The van der Waals surface area contributed by atoms with E-state index in [-0.39, 0.29) is 11.9 Å². The van der Waals surface area contributed by atoms with E-state index in [2.05, 4.69) is 21.7 Å². The van der Waals surface area contributed by atoms with Crippen molar-refractivity contribution in [1.29, 1.82) is 0 Å². The molecule has 2 heterocycles. The van der Waals surface area contributed by atoms with Crippen molar-refractivity contribution in [3.8, 4) is 0 Å². The minimum atomic E-state index is -0.222. The van der Waals surface area contributed by atoms with Gasteiger partial charge in [0, 0.05) is 30.7 Å². The van der Waals surface area contributed by atoms with Crippen molar-refractivity contribution in [2.45, 2.75) is 25.3 Å². The lowest BCUT2D eigenvalue weighted by Crippen LogP contribution is -2.31. The Morgan fingerprint density at radius 1 is 1.25 bits per heavy atom. The van der Waals surface area contributed by atoms with E-state index in [0.29, 0.717) is 6.42 Å². The van der Waals surface area contributed by atoms with Gasteiger partial charge in [-0.3, -0.25) is 4.79 Å². The van der Waals surface area contributed by atoms with Crippen LogP contribution in [0.15, 0.2) is 60.2 Å². The Bertz CT molecular complexity index is 765. The van der Waals surface area contributed by atoms with Crippen molar-refractivity contribution in [3.63, 3.8) is 0 Å². The Balaban J connectivity index is 1.65. The zero-order valence-corrected chi connectivity index (χ0v) is 14.5. The molecular formula is C19H21N3OS. The number of aryl methyl sites for hydroxylation is 2. The number of aromatic nitrogens is 2. The maximum atomic E-state index is 12.4. The summed E-state index contributed by atoms with van der Waals surface area (Å²) in [7, 11) is 1.95. The first-order valence-electron chi connectivity index (χ1n) is 8.08. The molecule has 0 aliphatic carbocycles. The lowest BCUT2D eigenvalue weighted by Gasteiger charge is -2.19. The van der Waals surface area contributed by atoms with Gasteiger partial charge in [0.05, 0.1) is 0 Å². The molecule has 3 aromatic rings. The van der Waals surface area contributed by atoms with Gasteiger partial charge in [-0.2, -0.15) is 0 Å². The highest BCUT2D eigenvalue weighted by atomic mass is 32.1. The summed E-state index contributed by atoms with van der Waals surface area (Å²) in [5, 5.41) is 5.21. The van der Waals surface area contributed by atoms with E-state index in [0.717, 1.165) is 24.2 Å². The Morgan fingerprint density at radius 3 is 2.75 bits per heavy atom. The molecule has 0 aliphatic rings. The molecular weight excluding hydrogens is 318 g/mol. The van der Waals surface area contributed by atoms with Crippen molar-refractivity contribution >= 4 is 17.2 Å². The minimum absolute atomic E-state index is 0.0587. The maximum absolute atomic E-state index is 12.4. The molecule has 3 rings (SSSR count). The summed E-state index contributed by atoms with van der Waals surface area (Å²) < 4.78 is 1.95. The molecule has 124 valence electrons. The molecule has 1 amide bonds. The fraction of sp³-hybridized carbons (Fsp3) is 0.263. The van der Waals surface area contributed by atoms with Gasteiger partial charge in [0.1, 0.15) is 11.9 Å². The van der Waals surface area contributed by atoms with Gasteiger partial charge in [0.2, 0.25) is 5.91 Å².